The number of anilines is 1. The van der Waals surface area contributed by atoms with Gasteiger partial charge in [-0.15, -0.1) is 0 Å². The van der Waals surface area contributed by atoms with Crippen LogP contribution in [0.2, 0.25) is 5.02 Å². The number of hydrogen-bond acceptors (Lipinski definition) is 4. The number of sulfonamides is 1. The topological polar surface area (TPSA) is 86.8 Å². The van der Waals surface area contributed by atoms with Crippen LogP contribution in [0.15, 0.2) is 89.8 Å². The summed E-state index contributed by atoms with van der Waals surface area (Å²) < 4.78 is 28.4. The van der Waals surface area contributed by atoms with E-state index in [1.165, 1.54) is 17.0 Å². The maximum Gasteiger partial charge on any atom is 0.264 e. The number of halogens is 1. The van der Waals surface area contributed by atoms with Crippen LogP contribution in [0.1, 0.15) is 33.3 Å². The molecule has 0 spiro atoms. The molecule has 2 amide bonds. The van der Waals surface area contributed by atoms with Crippen molar-refractivity contribution in [2.24, 2.45) is 0 Å². The van der Waals surface area contributed by atoms with Crippen LogP contribution in [-0.2, 0) is 26.2 Å². The third-order valence-corrected chi connectivity index (χ3v) is 7.63. The first kappa shape index (κ1) is 28.2. The molecule has 3 aromatic rings. The van der Waals surface area contributed by atoms with Crippen molar-refractivity contribution in [1.29, 1.82) is 0 Å². The van der Waals surface area contributed by atoms with E-state index in [2.05, 4.69) is 5.32 Å². The molecule has 0 aromatic heterocycles. The van der Waals surface area contributed by atoms with Crippen LogP contribution in [0.25, 0.3) is 0 Å². The van der Waals surface area contributed by atoms with Crippen LogP contribution in [0.4, 0.5) is 5.69 Å². The number of rotatable bonds is 9. The standard InChI is InChI=1S/C28H32ClN3O4S/c1-21(27(34)30-28(2,3)4)31(19-22-15-17-23(29)18-16-22)26(33)20-32(24-11-7-5-8-12-24)37(35,36)25-13-9-6-10-14-25/h5-18,21H,19-20H2,1-4H3,(H,30,34). The fourth-order valence-corrected chi connectivity index (χ4v) is 5.25. The molecule has 1 N–H and O–H groups in total. The molecule has 9 heteroatoms. The number of carbonyl (C=O) groups is 2. The summed E-state index contributed by atoms with van der Waals surface area (Å²) in [5, 5.41) is 3.45. The molecule has 1 atom stereocenters. The van der Waals surface area contributed by atoms with Crippen molar-refractivity contribution in [2.75, 3.05) is 10.8 Å². The fourth-order valence-electron chi connectivity index (χ4n) is 3.69. The SMILES string of the molecule is CC(C(=O)NC(C)(C)C)N(Cc1ccc(Cl)cc1)C(=O)CN(c1ccccc1)S(=O)(=O)c1ccccc1. The number of para-hydroxylation sites is 1. The fraction of sp³-hybridized carbons (Fsp3) is 0.286. The van der Waals surface area contributed by atoms with E-state index >= 15 is 0 Å². The molecule has 196 valence electrons. The summed E-state index contributed by atoms with van der Waals surface area (Å²) in [6, 6.07) is 22.5. The van der Waals surface area contributed by atoms with Crippen molar-refractivity contribution in [3.8, 4) is 0 Å². The van der Waals surface area contributed by atoms with E-state index in [1.54, 1.807) is 79.7 Å². The second kappa shape index (κ2) is 11.8. The second-order valence-electron chi connectivity index (χ2n) is 9.72. The lowest BCUT2D eigenvalue weighted by Crippen LogP contribution is -2.54. The third-order valence-electron chi connectivity index (χ3n) is 5.59. The zero-order chi connectivity index (χ0) is 27.2. The predicted octanol–water partition coefficient (Wildman–Crippen LogP) is 4.87. The molecule has 3 aromatic carbocycles. The summed E-state index contributed by atoms with van der Waals surface area (Å²) in [5.41, 5.74) is 0.593. The zero-order valence-electron chi connectivity index (χ0n) is 21.4. The molecule has 0 saturated carbocycles. The van der Waals surface area contributed by atoms with Gasteiger partial charge >= 0.3 is 0 Å². The molecule has 0 aliphatic rings. The third kappa shape index (κ3) is 7.57. The molecule has 0 heterocycles. The van der Waals surface area contributed by atoms with Gasteiger partial charge in [0, 0.05) is 17.1 Å². The lowest BCUT2D eigenvalue weighted by Gasteiger charge is -2.33. The van der Waals surface area contributed by atoms with E-state index in [4.69, 9.17) is 11.6 Å². The maximum absolute atomic E-state index is 13.8. The van der Waals surface area contributed by atoms with E-state index in [1.807, 2.05) is 20.8 Å². The van der Waals surface area contributed by atoms with Gasteiger partial charge < -0.3 is 10.2 Å². The largest absolute Gasteiger partial charge is 0.350 e. The first-order chi connectivity index (χ1) is 17.4. The molecule has 1 unspecified atom stereocenters. The van der Waals surface area contributed by atoms with Gasteiger partial charge in [-0.1, -0.05) is 60.1 Å². The number of nitrogens with zero attached hydrogens (tertiary/aromatic N) is 2. The molecule has 37 heavy (non-hydrogen) atoms. The first-order valence-electron chi connectivity index (χ1n) is 11.9. The number of nitrogens with one attached hydrogen (secondary N) is 1. The number of carbonyl (C=O) groups excluding carboxylic acids is 2. The highest BCUT2D eigenvalue weighted by molar-refractivity contribution is 7.92. The number of amides is 2. The minimum absolute atomic E-state index is 0.0643. The van der Waals surface area contributed by atoms with Crippen LogP contribution in [-0.4, -0.2) is 43.3 Å². The minimum atomic E-state index is -4.07. The molecule has 3 rings (SSSR count). The Bertz CT molecular complexity index is 1310. The second-order valence-corrected chi connectivity index (χ2v) is 12.0. The highest BCUT2D eigenvalue weighted by Gasteiger charge is 2.33. The number of benzene rings is 3. The van der Waals surface area contributed by atoms with Crippen LogP contribution in [0.3, 0.4) is 0 Å². The summed E-state index contributed by atoms with van der Waals surface area (Å²) in [4.78, 5) is 28.3. The molecular formula is C28H32ClN3O4S. The molecule has 0 aliphatic carbocycles. The average Bonchev–Trinajstić information content (AvgIpc) is 2.86. The quantitative estimate of drug-likeness (QED) is 0.419. The van der Waals surface area contributed by atoms with E-state index in [0.29, 0.717) is 10.7 Å². The molecule has 0 radical (unpaired) electrons. The molecule has 0 fully saturated rings. The Labute approximate surface area is 224 Å². The summed E-state index contributed by atoms with van der Waals surface area (Å²) in [6.07, 6.45) is 0. The van der Waals surface area contributed by atoms with Crippen LogP contribution in [0, 0.1) is 0 Å². The summed E-state index contributed by atoms with van der Waals surface area (Å²) >= 11 is 6.02. The van der Waals surface area contributed by atoms with Crippen molar-refractivity contribution in [3.05, 3.63) is 95.5 Å². The smallest absolute Gasteiger partial charge is 0.264 e. The Morgan fingerprint density at radius 1 is 0.892 bits per heavy atom. The molecule has 0 aliphatic heterocycles. The Kier molecular flexibility index (Phi) is 8.99. The normalized spacial score (nSPS) is 12.5. The zero-order valence-corrected chi connectivity index (χ0v) is 23.0. The van der Waals surface area contributed by atoms with Gasteiger partial charge in [0.05, 0.1) is 10.6 Å². The lowest BCUT2D eigenvalue weighted by atomic mass is 10.1. The van der Waals surface area contributed by atoms with Crippen molar-refractivity contribution in [1.82, 2.24) is 10.2 Å². The van der Waals surface area contributed by atoms with Gasteiger partial charge in [0.2, 0.25) is 11.8 Å². The van der Waals surface area contributed by atoms with E-state index in [-0.39, 0.29) is 17.3 Å². The van der Waals surface area contributed by atoms with Crippen LogP contribution >= 0.6 is 11.6 Å². The highest BCUT2D eigenvalue weighted by atomic mass is 35.5. The van der Waals surface area contributed by atoms with Gasteiger partial charge in [-0.25, -0.2) is 8.42 Å². The Morgan fingerprint density at radius 2 is 1.43 bits per heavy atom. The first-order valence-corrected chi connectivity index (χ1v) is 13.7. The maximum atomic E-state index is 13.8. The Hall–Kier alpha value is -3.36. The van der Waals surface area contributed by atoms with E-state index in [0.717, 1.165) is 9.87 Å². The molecular weight excluding hydrogens is 510 g/mol. The lowest BCUT2D eigenvalue weighted by molar-refractivity contribution is -0.140. The Morgan fingerprint density at radius 3 is 1.97 bits per heavy atom. The van der Waals surface area contributed by atoms with Crippen LogP contribution in [0.5, 0.6) is 0 Å². The summed E-state index contributed by atoms with van der Waals surface area (Å²) in [7, 11) is -4.07. The van der Waals surface area contributed by atoms with Gasteiger partial charge in [-0.3, -0.25) is 13.9 Å². The molecule has 0 bridgehead atoms. The van der Waals surface area contributed by atoms with E-state index < -0.39 is 34.1 Å². The predicted molar refractivity (Wildman–Crippen MR) is 147 cm³/mol. The molecule has 7 nitrogen and oxygen atoms in total. The van der Waals surface area contributed by atoms with Crippen molar-refractivity contribution >= 4 is 39.1 Å². The Balaban J connectivity index is 1.99. The monoisotopic (exact) mass is 541 g/mol. The van der Waals surface area contributed by atoms with Gasteiger partial charge in [0.25, 0.3) is 10.0 Å². The van der Waals surface area contributed by atoms with Crippen molar-refractivity contribution in [3.63, 3.8) is 0 Å². The highest BCUT2D eigenvalue weighted by Crippen LogP contribution is 2.24. The van der Waals surface area contributed by atoms with Gasteiger partial charge in [0.15, 0.2) is 0 Å². The number of hydrogen-bond donors (Lipinski definition) is 1. The summed E-state index contributed by atoms with van der Waals surface area (Å²) in [5.74, 6) is -0.859. The van der Waals surface area contributed by atoms with Crippen molar-refractivity contribution in [2.45, 2.75) is 50.7 Å². The van der Waals surface area contributed by atoms with Gasteiger partial charge in [-0.2, -0.15) is 0 Å². The van der Waals surface area contributed by atoms with Gasteiger partial charge in [-0.05, 0) is 69.7 Å². The van der Waals surface area contributed by atoms with E-state index in [9.17, 15) is 18.0 Å². The van der Waals surface area contributed by atoms with Gasteiger partial charge in [0.1, 0.15) is 12.6 Å². The van der Waals surface area contributed by atoms with Crippen LogP contribution < -0.4 is 9.62 Å². The molecule has 0 saturated heterocycles. The average molecular weight is 542 g/mol. The minimum Gasteiger partial charge on any atom is -0.350 e. The van der Waals surface area contributed by atoms with Crippen molar-refractivity contribution < 1.29 is 18.0 Å². The summed E-state index contributed by atoms with van der Waals surface area (Å²) in [6.45, 7) is 6.81.